The Bertz CT molecular complexity index is 2480. The van der Waals surface area contributed by atoms with Gasteiger partial charge in [0, 0.05) is 33.5 Å². The zero-order valence-corrected chi connectivity index (χ0v) is 27.8. The molecule has 0 saturated heterocycles. The number of benzene rings is 8. The van der Waals surface area contributed by atoms with E-state index < -0.39 is 11.7 Å². The molecule has 0 N–H and O–H groups in total. The third kappa shape index (κ3) is 6.08. The number of aryl methyl sites for hydroxylation is 1. The summed E-state index contributed by atoms with van der Waals surface area (Å²) in [5, 5.41) is 4.14. The number of hydrogen-bond acceptors (Lipinski definition) is 2. The van der Waals surface area contributed by atoms with E-state index in [1.807, 2.05) is 151 Å². The Hall–Kier alpha value is -6.33. The average Bonchev–Trinajstić information content (AvgIpc) is 3.16. The third-order valence-electron chi connectivity index (χ3n) is 9.37. The smallest absolute Gasteiger partial charge is 0.310 e. The largest absolute Gasteiger partial charge is 0.417 e. The summed E-state index contributed by atoms with van der Waals surface area (Å²) in [7, 11) is 0. The molecule has 0 atom stereocenters. The van der Waals surface area contributed by atoms with E-state index >= 15 is 13.2 Å². The van der Waals surface area contributed by atoms with Crippen molar-refractivity contribution in [2.75, 3.05) is 9.80 Å². The number of fused-ring (bicyclic) bond motifs is 2. The molecule has 2 nitrogen and oxygen atoms in total. The van der Waals surface area contributed by atoms with Gasteiger partial charge in [0.1, 0.15) is 0 Å². The molecule has 0 bridgehead atoms. The van der Waals surface area contributed by atoms with Crippen molar-refractivity contribution in [1.82, 2.24) is 0 Å². The summed E-state index contributed by atoms with van der Waals surface area (Å²) in [6.07, 6.45) is -4.60. The van der Waals surface area contributed by atoms with Crippen LogP contribution >= 0.6 is 0 Å². The fraction of sp³-hybridized carbons (Fsp3) is 0.0435. The van der Waals surface area contributed by atoms with E-state index in [1.165, 1.54) is 6.07 Å². The van der Waals surface area contributed by atoms with Gasteiger partial charge in [-0.1, -0.05) is 121 Å². The predicted molar refractivity (Wildman–Crippen MR) is 206 cm³/mol. The fourth-order valence-corrected chi connectivity index (χ4v) is 7.05. The Labute approximate surface area is 295 Å². The van der Waals surface area contributed by atoms with E-state index in [9.17, 15) is 0 Å². The number of hydrogen-bond donors (Lipinski definition) is 0. The second kappa shape index (κ2) is 13.2. The number of rotatable bonds is 7. The van der Waals surface area contributed by atoms with Gasteiger partial charge in [-0.15, -0.1) is 0 Å². The number of anilines is 6. The number of para-hydroxylation sites is 2. The summed E-state index contributed by atoms with van der Waals surface area (Å²) in [5.74, 6) is 0. The number of alkyl halides is 3. The van der Waals surface area contributed by atoms with E-state index in [0.29, 0.717) is 11.3 Å². The third-order valence-corrected chi connectivity index (χ3v) is 9.37. The number of nitrogens with zero attached hydrogens (tertiary/aromatic N) is 2. The van der Waals surface area contributed by atoms with Crippen LogP contribution in [-0.2, 0) is 6.18 Å². The molecule has 0 aliphatic rings. The van der Waals surface area contributed by atoms with Crippen LogP contribution < -0.4 is 9.80 Å². The van der Waals surface area contributed by atoms with Crippen LogP contribution in [0.25, 0.3) is 32.7 Å². The first-order chi connectivity index (χ1) is 24.9. The summed E-state index contributed by atoms with van der Waals surface area (Å²) >= 11 is 0. The van der Waals surface area contributed by atoms with Crippen LogP contribution in [0.15, 0.2) is 182 Å². The van der Waals surface area contributed by atoms with Crippen LogP contribution in [-0.4, -0.2) is 0 Å². The standard InChI is InChI=1S/C46H33F3N2/c1-32-30-37(50(35-18-4-2-5-19-35)44-24-12-16-33-14-8-10-22-40(33)44)26-28-39(32)42-29-27-38(31-43(42)46(47,48)49)51(36-20-6-3-7-21-36)45-25-13-17-34-15-9-11-23-41(34)45/h2-31H,1H3. The molecule has 8 aromatic carbocycles. The van der Waals surface area contributed by atoms with E-state index in [2.05, 4.69) is 29.2 Å². The average molecular weight is 671 g/mol. The van der Waals surface area contributed by atoms with Gasteiger partial charge in [-0.25, -0.2) is 0 Å². The van der Waals surface area contributed by atoms with Crippen LogP contribution in [0.5, 0.6) is 0 Å². The van der Waals surface area contributed by atoms with E-state index in [-0.39, 0.29) is 5.56 Å². The second-order valence-corrected chi connectivity index (χ2v) is 12.6. The molecule has 8 aromatic rings. The van der Waals surface area contributed by atoms with Gasteiger partial charge >= 0.3 is 6.18 Å². The Morgan fingerprint density at radius 3 is 1.31 bits per heavy atom. The van der Waals surface area contributed by atoms with Crippen molar-refractivity contribution >= 4 is 55.7 Å². The van der Waals surface area contributed by atoms with Crippen LogP contribution in [0, 0.1) is 6.92 Å². The molecular weight excluding hydrogens is 638 g/mol. The molecule has 0 saturated carbocycles. The van der Waals surface area contributed by atoms with Crippen molar-refractivity contribution in [3.05, 3.63) is 193 Å². The molecule has 0 fully saturated rings. The zero-order valence-electron chi connectivity index (χ0n) is 27.8. The summed E-state index contributed by atoms with van der Waals surface area (Å²) in [6, 6.07) is 58.2. The first-order valence-corrected chi connectivity index (χ1v) is 16.8. The monoisotopic (exact) mass is 670 g/mol. The maximum Gasteiger partial charge on any atom is 0.417 e. The van der Waals surface area contributed by atoms with Gasteiger partial charge in [0.15, 0.2) is 0 Å². The van der Waals surface area contributed by atoms with Gasteiger partial charge in [0.05, 0.1) is 16.9 Å². The van der Waals surface area contributed by atoms with Crippen LogP contribution in [0.1, 0.15) is 11.1 Å². The molecule has 0 aliphatic heterocycles. The Kier molecular flexibility index (Phi) is 8.25. The number of halogens is 3. The van der Waals surface area contributed by atoms with Gasteiger partial charge in [-0.2, -0.15) is 13.2 Å². The quantitative estimate of drug-likeness (QED) is 0.167. The summed E-state index contributed by atoms with van der Waals surface area (Å²) in [6.45, 7) is 1.88. The minimum Gasteiger partial charge on any atom is -0.310 e. The molecule has 248 valence electrons. The fourth-order valence-electron chi connectivity index (χ4n) is 7.05. The van der Waals surface area contributed by atoms with Gasteiger partial charge in [0.2, 0.25) is 0 Å². The molecule has 8 rings (SSSR count). The minimum atomic E-state index is -4.60. The van der Waals surface area contributed by atoms with Crippen molar-refractivity contribution in [1.29, 1.82) is 0 Å². The first-order valence-electron chi connectivity index (χ1n) is 16.8. The summed E-state index contributed by atoms with van der Waals surface area (Å²) in [4.78, 5) is 4.06. The van der Waals surface area contributed by atoms with E-state index in [0.717, 1.165) is 55.5 Å². The van der Waals surface area contributed by atoms with Crippen LogP contribution in [0.4, 0.5) is 47.3 Å². The highest BCUT2D eigenvalue weighted by atomic mass is 19.4. The Morgan fingerprint density at radius 1 is 0.392 bits per heavy atom. The molecule has 0 amide bonds. The topological polar surface area (TPSA) is 6.48 Å². The Morgan fingerprint density at radius 2 is 0.824 bits per heavy atom. The van der Waals surface area contributed by atoms with Crippen molar-refractivity contribution in [2.45, 2.75) is 13.1 Å². The molecule has 0 aromatic heterocycles. The van der Waals surface area contributed by atoms with Gasteiger partial charge in [-0.05, 0) is 95.1 Å². The van der Waals surface area contributed by atoms with Crippen molar-refractivity contribution in [2.24, 2.45) is 0 Å². The molecule has 0 heterocycles. The maximum absolute atomic E-state index is 15.1. The molecule has 5 heteroatoms. The lowest BCUT2D eigenvalue weighted by molar-refractivity contribution is -0.137. The zero-order chi connectivity index (χ0) is 35.0. The molecular formula is C46H33F3N2. The highest BCUT2D eigenvalue weighted by Crippen LogP contribution is 2.46. The highest BCUT2D eigenvalue weighted by molar-refractivity contribution is 6.00. The first kappa shape index (κ1) is 31.9. The predicted octanol–water partition coefficient (Wildman–Crippen LogP) is 13.9. The lowest BCUT2D eigenvalue weighted by Gasteiger charge is -2.29. The van der Waals surface area contributed by atoms with E-state index in [4.69, 9.17) is 0 Å². The maximum atomic E-state index is 15.1. The minimum absolute atomic E-state index is 0.137. The Balaban J connectivity index is 1.27. The second-order valence-electron chi connectivity index (χ2n) is 12.6. The van der Waals surface area contributed by atoms with Crippen LogP contribution in [0.2, 0.25) is 0 Å². The van der Waals surface area contributed by atoms with Crippen LogP contribution in [0.3, 0.4) is 0 Å². The van der Waals surface area contributed by atoms with Gasteiger partial charge < -0.3 is 9.80 Å². The lowest BCUT2D eigenvalue weighted by Crippen LogP contribution is -2.14. The van der Waals surface area contributed by atoms with E-state index in [1.54, 1.807) is 12.1 Å². The molecule has 51 heavy (non-hydrogen) atoms. The molecule has 0 unspecified atom stereocenters. The SMILES string of the molecule is Cc1cc(N(c2ccccc2)c2cccc3ccccc23)ccc1-c1ccc(N(c2ccccc2)c2cccc3ccccc23)cc1C(F)(F)F. The van der Waals surface area contributed by atoms with Crippen molar-refractivity contribution in [3.8, 4) is 11.1 Å². The molecule has 0 radical (unpaired) electrons. The van der Waals surface area contributed by atoms with Gasteiger partial charge in [-0.3, -0.25) is 0 Å². The molecule has 0 spiro atoms. The van der Waals surface area contributed by atoms with Gasteiger partial charge in [0.25, 0.3) is 0 Å². The highest BCUT2D eigenvalue weighted by Gasteiger charge is 2.35. The van der Waals surface area contributed by atoms with Crippen molar-refractivity contribution < 1.29 is 13.2 Å². The summed E-state index contributed by atoms with van der Waals surface area (Å²) in [5.41, 5.74) is 5.51. The van der Waals surface area contributed by atoms with Crippen molar-refractivity contribution in [3.63, 3.8) is 0 Å². The molecule has 0 aliphatic carbocycles. The normalized spacial score (nSPS) is 11.5. The lowest BCUT2D eigenvalue weighted by atomic mass is 9.94. The summed E-state index contributed by atoms with van der Waals surface area (Å²) < 4.78 is 45.4.